The minimum Gasteiger partial charge on any atom is -0.497 e. The Hall–Kier alpha value is -1.59. The fraction of sp³-hybridized carbons (Fsp3) is 0.611. The smallest absolute Gasteiger partial charge is 0.227 e. The summed E-state index contributed by atoms with van der Waals surface area (Å²) in [6.45, 7) is 5.26. The summed E-state index contributed by atoms with van der Waals surface area (Å²) in [4.78, 5) is 17.2. The lowest BCUT2D eigenvalue weighted by Gasteiger charge is -2.25. The Bertz CT molecular complexity index is 568. The normalized spacial score (nSPS) is 30.9. The van der Waals surface area contributed by atoms with Gasteiger partial charge in [-0.05, 0) is 24.1 Å². The first-order valence-corrected chi connectivity index (χ1v) is 8.48. The zero-order valence-corrected chi connectivity index (χ0v) is 13.6. The summed E-state index contributed by atoms with van der Waals surface area (Å²) in [5.74, 6) is 1.86. The molecule has 0 bridgehead atoms. The van der Waals surface area contributed by atoms with Crippen LogP contribution in [0, 0.1) is 11.8 Å². The highest BCUT2D eigenvalue weighted by atomic mass is 16.5. The van der Waals surface area contributed by atoms with Crippen molar-refractivity contribution in [3.8, 4) is 5.75 Å². The molecule has 0 N–H and O–H groups in total. The Morgan fingerprint density at radius 3 is 2.70 bits per heavy atom. The zero-order chi connectivity index (χ0) is 15.8. The van der Waals surface area contributed by atoms with Gasteiger partial charge in [-0.25, -0.2) is 0 Å². The lowest BCUT2D eigenvalue weighted by Crippen LogP contribution is -2.38. The van der Waals surface area contributed by atoms with E-state index < -0.39 is 0 Å². The summed E-state index contributed by atoms with van der Waals surface area (Å²) >= 11 is 0. The van der Waals surface area contributed by atoms with Gasteiger partial charge in [0.1, 0.15) is 5.75 Å². The number of nitrogens with zero attached hydrogens (tertiary/aromatic N) is 2. The minimum absolute atomic E-state index is 0.189. The fourth-order valence-corrected chi connectivity index (χ4v) is 4.18. The molecule has 3 aliphatic rings. The van der Waals surface area contributed by atoms with Crippen molar-refractivity contribution >= 4 is 5.91 Å². The molecule has 0 saturated carbocycles. The van der Waals surface area contributed by atoms with Gasteiger partial charge in [0.2, 0.25) is 5.91 Å². The van der Waals surface area contributed by atoms with E-state index in [4.69, 9.17) is 9.47 Å². The van der Waals surface area contributed by atoms with Crippen LogP contribution in [0.1, 0.15) is 12.0 Å². The van der Waals surface area contributed by atoms with Crippen molar-refractivity contribution in [3.05, 3.63) is 29.8 Å². The maximum Gasteiger partial charge on any atom is 0.227 e. The van der Waals surface area contributed by atoms with E-state index in [0.717, 1.165) is 45.0 Å². The van der Waals surface area contributed by atoms with Gasteiger partial charge in [0.05, 0.1) is 19.6 Å². The van der Waals surface area contributed by atoms with Crippen molar-refractivity contribution < 1.29 is 14.3 Å². The molecule has 0 unspecified atom stereocenters. The van der Waals surface area contributed by atoms with Crippen LogP contribution in [-0.2, 0) is 16.1 Å². The number of methoxy groups -OCH3 is 1. The van der Waals surface area contributed by atoms with Crippen molar-refractivity contribution in [2.24, 2.45) is 11.8 Å². The standard InChI is InChI=1S/C18H24N2O3/c1-22-16-4-2-13(3-5-16)8-20-10-14-9-19(11-17(14)18(20)21)15-6-7-23-12-15/h2-5,14-15,17H,6-12H2,1H3/t14-,15-,17-/m0/s1. The quantitative estimate of drug-likeness (QED) is 0.841. The highest BCUT2D eigenvalue weighted by Crippen LogP contribution is 2.35. The molecule has 3 heterocycles. The summed E-state index contributed by atoms with van der Waals surface area (Å²) in [6, 6.07) is 8.53. The number of carbonyl (C=O) groups is 1. The number of carbonyl (C=O) groups excluding carboxylic acids is 1. The maximum atomic E-state index is 12.7. The maximum absolute atomic E-state index is 12.7. The Morgan fingerprint density at radius 2 is 2.04 bits per heavy atom. The number of rotatable bonds is 4. The molecule has 1 aromatic rings. The molecule has 5 heteroatoms. The lowest BCUT2D eigenvalue weighted by atomic mass is 10.0. The van der Waals surface area contributed by atoms with Crippen LogP contribution in [0.3, 0.4) is 0 Å². The number of ether oxygens (including phenoxy) is 2. The molecule has 0 spiro atoms. The molecule has 1 amide bonds. The van der Waals surface area contributed by atoms with Gasteiger partial charge in [-0.1, -0.05) is 12.1 Å². The average Bonchev–Trinajstić information content (AvgIpc) is 3.27. The molecular weight excluding hydrogens is 292 g/mol. The Balaban J connectivity index is 1.37. The number of benzene rings is 1. The second-order valence-corrected chi connectivity index (χ2v) is 6.90. The van der Waals surface area contributed by atoms with Gasteiger partial charge < -0.3 is 14.4 Å². The van der Waals surface area contributed by atoms with Crippen LogP contribution >= 0.6 is 0 Å². The Morgan fingerprint density at radius 1 is 1.22 bits per heavy atom. The van der Waals surface area contributed by atoms with E-state index in [0.29, 0.717) is 24.4 Å². The van der Waals surface area contributed by atoms with Crippen LogP contribution in [0.15, 0.2) is 24.3 Å². The van der Waals surface area contributed by atoms with E-state index in [1.165, 1.54) is 5.56 Å². The summed E-state index contributed by atoms with van der Waals surface area (Å²) in [5, 5.41) is 0. The van der Waals surface area contributed by atoms with Crippen molar-refractivity contribution in [1.29, 1.82) is 0 Å². The summed E-state index contributed by atoms with van der Waals surface area (Å²) in [5.41, 5.74) is 1.17. The van der Waals surface area contributed by atoms with Crippen LogP contribution in [0.4, 0.5) is 0 Å². The largest absolute Gasteiger partial charge is 0.497 e. The van der Waals surface area contributed by atoms with E-state index >= 15 is 0 Å². The molecule has 23 heavy (non-hydrogen) atoms. The van der Waals surface area contributed by atoms with Crippen LogP contribution < -0.4 is 4.74 Å². The van der Waals surface area contributed by atoms with E-state index in [-0.39, 0.29) is 5.92 Å². The van der Waals surface area contributed by atoms with Gasteiger partial charge in [-0.15, -0.1) is 0 Å². The molecule has 1 aromatic carbocycles. The molecule has 3 saturated heterocycles. The highest BCUT2D eigenvalue weighted by Gasteiger charge is 2.47. The van der Waals surface area contributed by atoms with Crippen LogP contribution in [0.25, 0.3) is 0 Å². The van der Waals surface area contributed by atoms with Crippen LogP contribution in [0.2, 0.25) is 0 Å². The van der Waals surface area contributed by atoms with E-state index in [2.05, 4.69) is 4.90 Å². The highest BCUT2D eigenvalue weighted by molar-refractivity contribution is 5.82. The van der Waals surface area contributed by atoms with Crippen LogP contribution in [-0.4, -0.2) is 61.7 Å². The van der Waals surface area contributed by atoms with Crippen molar-refractivity contribution in [2.75, 3.05) is 40.0 Å². The van der Waals surface area contributed by atoms with Gasteiger partial charge in [0, 0.05) is 44.7 Å². The molecule has 5 nitrogen and oxygen atoms in total. The van der Waals surface area contributed by atoms with Crippen molar-refractivity contribution in [3.63, 3.8) is 0 Å². The summed E-state index contributed by atoms with van der Waals surface area (Å²) in [6.07, 6.45) is 1.11. The SMILES string of the molecule is COc1ccc(CN2C[C@@H]3CN([C@H]4CCOC4)C[C@@H]3C2=O)cc1. The third-order valence-corrected chi connectivity index (χ3v) is 5.51. The number of amides is 1. The van der Waals surface area contributed by atoms with E-state index in [1.807, 2.05) is 29.2 Å². The first kappa shape index (κ1) is 15.0. The van der Waals surface area contributed by atoms with Crippen molar-refractivity contribution in [2.45, 2.75) is 19.0 Å². The van der Waals surface area contributed by atoms with Crippen LogP contribution in [0.5, 0.6) is 5.75 Å². The van der Waals surface area contributed by atoms with Gasteiger partial charge >= 0.3 is 0 Å². The summed E-state index contributed by atoms with van der Waals surface area (Å²) < 4.78 is 10.7. The predicted octanol–water partition coefficient (Wildman–Crippen LogP) is 1.37. The minimum atomic E-state index is 0.189. The lowest BCUT2D eigenvalue weighted by molar-refractivity contribution is -0.131. The third-order valence-electron chi connectivity index (χ3n) is 5.51. The van der Waals surface area contributed by atoms with Gasteiger partial charge in [-0.3, -0.25) is 9.69 Å². The van der Waals surface area contributed by atoms with Gasteiger partial charge in [-0.2, -0.15) is 0 Å². The molecular formula is C18H24N2O3. The molecule has 124 valence electrons. The molecule has 0 aromatic heterocycles. The third kappa shape index (κ3) is 2.83. The first-order chi connectivity index (χ1) is 11.2. The van der Waals surface area contributed by atoms with Gasteiger partial charge in [0.25, 0.3) is 0 Å². The van der Waals surface area contributed by atoms with Crippen molar-refractivity contribution in [1.82, 2.24) is 9.80 Å². The predicted molar refractivity (Wildman–Crippen MR) is 86.2 cm³/mol. The average molecular weight is 316 g/mol. The second-order valence-electron chi connectivity index (χ2n) is 6.90. The van der Waals surface area contributed by atoms with Gasteiger partial charge in [0.15, 0.2) is 0 Å². The van der Waals surface area contributed by atoms with E-state index in [9.17, 15) is 4.79 Å². The fourth-order valence-electron chi connectivity index (χ4n) is 4.18. The molecule has 3 atom stereocenters. The number of hydrogen-bond donors (Lipinski definition) is 0. The Labute approximate surface area is 137 Å². The number of fused-ring (bicyclic) bond motifs is 1. The topological polar surface area (TPSA) is 42.0 Å². The zero-order valence-electron chi connectivity index (χ0n) is 13.6. The molecule has 3 aliphatic heterocycles. The molecule has 0 radical (unpaired) electrons. The Kier molecular flexibility index (Phi) is 3.99. The number of likely N-dealkylation sites (tertiary alicyclic amines) is 2. The monoisotopic (exact) mass is 316 g/mol. The molecule has 4 rings (SSSR count). The first-order valence-electron chi connectivity index (χ1n) is 8.48. The van der Waals surface area contributed by atoms with E-state index in [1.54, 1.807) is 7.11 Å². The number of hydrogen-bond acceptors (Lipinski definition) is 4. The second kappa shape index (κ2) is 6.13. The summed E-state index contributed by atoms with van der Waals surface area (Å²) in [7, 11) is 1.67. The molecule has 0 aliphatic carbocycles. The molecule has 3 fully saturated rings.